The fourth-order valence-electron chi connectivity index (χ4n) is 1.34. The van der Waals surface area contributed by atoms with Crippen molar-refractivity contribution in [1.82, 2.24) is 0 Å². The lowest BCUT2D eigenvalue weighted by Crippen LogP contribution is -2.14. The van der Waals surface area contributed by atoms with Gasteiger partial charge in [-0.3, -0.25) is 0 Å². The molecule has 1 aliphatic rings. The quantitative estimate of drug-likeness (QED) is 0.591. The van der Waals surface area contributed by atoms with Crippen molar-refractivity contribution in [2.75, 3.05) is 6.61 Å². The van der Waals surface area contributed by atoms with Crippen molar-refractivity contribution in [3.8, 4) is 0 Å². The fourth-order valence-corrected chi connectivity index (χ4v) is 1.34. The summed E-state index contributed by atoms with van der Waals surface area (Å²) in [6.07, 6.45) is 3.80. The van der Waals surface area contributed by atoms with Crippen LogP contribution < -0.4 is 0 Å². The maximum Gasteiger partial charge on any atom is 0.0618 e. The Morgan fingerprint density at radius 2 is 2.36 bits per heavy atom. The van der Waals surface area contributed by atoms with Crippen molar-refractivity contribution in [3.05, 3.63) is 23.8 Å². The molecule has 62 valence electrons. The van der Waals surface area contributed by atoms with Gasteiger partial charge in [-0.05, 0) is 24.8 Å². The molecule has 0 spiro atoms. The van der Waals surface area contributed by atoms with Crippen LogP contribution in [0.15, 0.2) is 23.8 Å². The predicted molar refractivity (Wildman–Crippen MR) is 44.2 cm³/mol. The second-order valence-corrected chi connectivity index (χ2v) is 2.91. The molecule has 1 atom stereocenters. The first-order valence-corrected chi connectivity index (χ1v) is 3.90. The molecule has 1 aliphatic carbocycles. The molecule has 0 aromatic heterocycles. The fraction of sp³-hybridized carbons (Fsp3) is 0.556. The molecule has 11 heavy (non-hydrogen) atoms. The molecule has 1 rings (SSSR count). The molecule has 0 aromatic carbocycles. The Bertz CT molecular complexity index is 182. The number of allylic oxidation sites excluding steroid dienone is 1. The van der Waals surface area contributed by atoms with E-state index in [0.717, 1.165) is 24.0 Å². The van der Waals surface area contributed by atoms with Crippen LogP contribution in [0, 0.1) is 0 Å². The molecule has 0 bridgehead atoms. The summed E-state index contributed by atoms with van der Waals surface area (Å²) in [5.74, 6) is 0. The van der Waals surface area contributed by atoms with E-state index < -0.39 is 0 Å². The SMILES string of the molecule is C=C1CC[C@H](O)CC1=CCO. The average Bonchev–Trinajstić information content (AvgIpc) is 1.98. The highest BCUT2D eigenvalue weighted by Crippen LogP contribution is 2.27. The van der Waals surface area contributed by atoms with Gasteiger partial charge >= 0.3 is 0 Å². The summed E-state index contributed by atoms with van der Waals surface area (Å²) in [5, 5.41) is 17.9. The Kier molecular flexibility index (Phi) is 2.85. The van der Waals surface area contributed by atoms with Crippen LogP contribution in [0.4, 0.5) is 0 Å². The van der Waals surface area contributed by atoms with Crippen LogP contribution in [0.25, 0.3) is 0 Å². The zero-order valence-electron chi connectivity index (χ0n) is 6.58. The molecule has 0 aromatic rings. The highest BCUT2D eigenvalue weighted by molar-refractivity contribution is 5.31. The predicted octanol–water partition coefficient (Wildman–Crippen LogP) is 1.01. The lowest BCUT2D eigenvalue weighted by Gasteiger charge is -2.21. The number of aliphatic hydroxyl groups is 2. The third-order valence-electron chi connectivity index (χ3n) is 2.03. The largest absolute Gasteiger partial charge is 0.393 e. The van der Waals surface area contributed by atoms with Gasteiger partial charge in [0.15, 0.2) is 0 Å². The summed E-state index contributed by atoms with van der Waals surface area (Å²) in [6.45, 7) is 3.90. The lowest BCUT2D eigenvalue weighted by molar-refractivity contribution is 0.158. The highest BCUT2D eigenvalue weighted by Gasteiger charge is 2.16. The molecule has 0 radical (unpaired) electrons. The minimum absolute atomic E-state index is 0.0427. The van der Waals surface area contributed by atoms with E-state index in [0.29, 0.717) is 6.42 Å². The van der Waals surface area contributed by atoms with Crippen LogP contribution in [0.3, 0.4) is 0 Å². The van der Waals surface area contributed by atoms with Gasteiger partial charge in [-0.25, -0.2) is 0 Å². The minimum atomic E-state index is -0.238. The van der Waals surface area contributed by atoms with Gasteiger partial charge in [-0.15, -0.1) is 0 Å². The third-order valence-corrected chi connectivity index (χ3v) is 2.03. The first-order valence-electron chi connectivity index (χ1n) is 3.90. The van der Waals surface area contributed by atoms with Crippen LogP contribution >= 0.6 is 0 Å². The van der Waals surface area contributed by atoms with E-state index in [1.165, 1.54) is 0 Å². The third kappa shape index (κ3) is 2.17. The number of aliphatic hydroxyl groups excluding tert-OH is 2. The maximum atomic E-state index is 9.26. The summed E-state index contributed by atoms with van der Waals surface area (Å²) < 4.78 is 0. The van der Waals surface area contributed by atoms with E-state index in [2.05, 4.69) is 6.58 Å². The Labute approximate surface area is 66.9 Å². The van der Waals surface area contributed by atoms with Crippen molar-refractivity contribution in [1.29, 1.82) is 0 Å². The Hall–Kier alpha value is -0.600. The zero-order chi connectivity index (χ0) is 8.27. The molecule has 0 heterocycles. The molecule has 1 fully saturated rings. The second kappa shape index (κ2) is 3.69. The molecular weight excluding hydrogens is 140 g/mol. The van der Waals surface area contributed by atoms with Gasteiger partial charge in [-0.1, -0.05) is 18.2 Å². The van der Waals surface area contributed by atoms with Crippen LogP contribution in [-0.2, 0) is 0 Å². The first-order chi connectivity index (χ1) is 5.24. The first kappa shape index (κ1) is 8.50. The molecule has 0 saturated heterocycles. The smallest absolute Gasteiger partial charge is 0.0618 e. The van der Waals surface area contributed by atoms with Crippen LogP contribution in [0.1, 0.15) is 19.3 Å². The zero-order valence-corrected chi connectivity index (χ0v) is 6.58. The van der Waals surface area contributed by atoms with Gasteiger partial charge in [0.05, 0.1) is 12.7 Å². The van der Waals surface area contributed by atoms with Crippen LogP contribution in [0.5, 0.6) is 0 Å². The van der Waals surface area contributed by atoms with Gasteiger partial charge < -0.3 is 10.2 Å². The average molecular weight is 154 g/mol. The van der Waals surface area contributed by atoms with E-state index in [9.17, 15) is 5.11 Å². The number of rotatable bonds is 1. The van der Waals surface area contributed by atoms with Crippen LogP contribution in [0.2, 0.25) is 0 Å². The van der Waals surface area contributed by atoms with Crippen molar-refractivity contribution >= 4 is 0 Å². The van der Waals surface area contributed by atoms with Crippen LogP contribution in [-0.4, -0.2) is 22.9 Å². The van der Waals surface area contributed by atoms with E-state index in [1.807, 2.05) is 0 Å². The Morgan fingerprint density at radius 3 is 3.00 bits per heavy atom. The molecule has 2 nitrogen and oxygen atoms in total. The van der Waals surface area contributed by atoms with Crippen molar-refractivity contribution in [2.24, 2.45) is 0 Å². The molecular formula is C9H14O2. The van der Waals surface area contributed by atoms with Gasteiger partial charge in [0, 0.05) is 0 Å². The Morgan fingerprint density at radius 1 is 1.64 bits per heavy atom. The molecule has 0 amide bonds. The van der Waals surface area contributed by atoms with Gasteiger partial charge in [-0.2, -0.15) is 0 Å². The highest BCUT2D eigenvalue weighted by atomic mass is 16.3. The second-order valence-electron chi connectivity index (χ2n) is 2.91. The summed E-state index contributed by atoms with van der Waals surface area (Å²) in [5.41, 5.74) is 2.08. The van der Waals surface area contributed by atoms with Gasteiger partial charge in [0.25, 0.3) is 0 Å². The monoisotopic (exact) mass is 154 g/mol. The van der Waals surface area contributed by atoms with Crippen molar-refractivity contribution in [2.45, 2.75) is 25.4 Å². The molecule has 2 heteroatoms. The molecule has 0 aliphatic heterocycles. The van der Waals surface area contributed by atoms with E-state index in [1.54, 1.807) is 6.08 Å². The normalized spacial score (nSPS) is 29.5. The topological polar surface area (TPSA) is 40.5 Å². The Balaban J connectivity index is 2.61. The van der Waals surface area contributed by atoms with E-state index >= 15 is 0 Å². The molecule has 2 N–H and O–H groups in total. The summed E-state index contributed by atoms with van der Waals surface area (Å²) in [6, 6.07) is 0. The standard InChI is InChI=1S/C9H14O2/c1-7-2-3-9(11)6-8(7)4-5-10/h4,9-11H,1-3,5-6H2/t9-/m0/s1. The van der Waals surface area contributed by atoms with E-state index in [-0.39, 0.29) is 12.7 Å². The summed E-state index contributed by atoms with van der Waals surface area (Å²) in [7, 11) is 0. The maximum absolute atomic E-state index is 9.26. The number of hydrogen-bond acceptors (Lipinski definition) is 2. The van der Waals surface area contributed by atoms with E-state index in [4.69, 9.17) is 5.11 Å². The molecule has 0 unspecified atom stereocenters. The van der Waals surface area contributed by atoms with Gasteiger partial charge in [0.1, 0.15) is 0 Å². The number of hydrogen-bond donors (Lipinski definition) is 2. The minimum Gasteiger partial charge on any atom is -0.393 e. The van der Waals surface area contributed by atoms with Crippen molar-refractivity contribution in [3.63, 3.8) is 0 Å². The lowest BCUT2D eigenvalue weighted by atomic mass is 9.88. The summed E-state index contributed by atoms with van der Waals surface area (Å²) in [4.78, 5) is 0. The molecule has 1 saturated carbocycles. The van der Waals surface area contributed by atoms with Gasteiger partial charge in [0.2, 0.25) is 0 Å². The summed E-state index contributed by atoms with van der Waals surface area (Å²) >= 11 is 0. The van der Waals surface area contributed by atoms with Crippen molar-refractivity contribution < 1.29 is 10.2 Å².